The number of allylic oxidation sites excluding steroid dienone is 2. The first-order valence-electron chi connectivity index (χ1n) is 8.11. The smallest absolute Gasteiger partial charge is 0.0390 e. The average molecular weight is 311 g/mol. The van der Waals surface area contributed by atoms with E-state index in [1.54, 1.807) is 0 Å². The topological polar surface area (TPSA) is 12.0 Å². The number of benzene rings is 3. The Bertz CT molecular complexity index is 936. The lowest BCUT2D eigenvalue weighted by Crippen LogP contribution is -2.22. The Morgan fingerprint density at radius 3 is 2.12 bits per heavy atom. The highest BCUT2D eigenvalue weighted by molar-refractivity contribution is 5.68. The van der Waals surface area contributed by atoms with Crippen molar-refractivity contribution in [3.05, 3.63) is 95.4 Å². The van der Waals surface area contributed by atoms with Gasteiger partial charge in [-0.25, -0.2) is 0 Å². The second kappa shape index (κ2) is 7.47. The zero-order chi connectivity index (χ0) is 16.8. The molecule has 1 heteroatoms. The van der Waals surface area contributed by atoms with Crippen molar-refractivity contribution < 1.29 is 0 Å². The average Bonchev–Trinajstić information content (AvgIpc) is 2.62. The fourth-order valence-electron chi connectivity index (χ4n) is 2.59. The predicted molar refractivity (Wildman–Crippen MR) is 106 cm³/mol. The fraction of sp³-hybridized carbons (Fsp3) is 0.0435. The van der Waals surface area contributed by atoms with E-state index in [1.807, 2.05) is 25.1 Å². The van der Waals surface area contributed by atoms with E-state index in [2.05, 4.69) is 84.7 Å². The highest BCUT2D eigenvalue weighted by Crippen LogP contribution is 2.22. The molecule has 0 saturated carbocycles. The van der Waals surface area contributed by atoms with Gasteiger partial charge in [-0.2, -0.15) is 0 Å². The lowest BCUT2D eigenvalue weighted by atomic mass is 10.1. The summed E-state index contributed by atoms with van der Waals surface area (Å²) in [4.78, 5) is 0. The van der Waals surface area contributed by atoms with Gasteiger partial charge < -0.3 is 5.32 Å². The monoisotopic (exact) mass is 311 g/mol. The molecule has 118 valence electrons. The molecule has 3 aromatic rings. The number of hydrogen-bond donors (Lipinski definition) is 1. The third-order valence-corrected chi connectivity index (χ3v) is 3.89. The van der Waals surface area contributed by atoms with Gasteiger partial charge in [0.2, 0.25) is 0 Å². The van der Waals surface area contributed by atoms with Crippen molar-refractivity contribution in [1.29, 1.82) is 0 Å². The summed E-state index contributed by atoms with van der Waals surface area (Å²) in [5, 5.41) is 5.58. The quantitative estimate of drug-likeness (QED) is 0.725. The molecule has 24 heavy (non-hydrogen) atoms. The zero-order valence-corrected chi connectivity index (χ0v) is 13.9. The van der Waals surface area contributed by atoms with Gasteiger partial charge in [0.25, 0.3) is 0 Å². The van der Waals surface area contributed by atoms with Crippen LogP contribution in [0.25, 0.3) is 23.8 Å². The molecule has 0 aliphatic rings. The van der Waals surface area contributed by atoms with Crippen LogP contribution >= 0.6 is 0 Å². The number of nitrogens with one attached hydrogen (secondary N) is 1. The standard InChI is InChI=1S/C23H21N/c1-3-4-8-19-11-16-23(17-18(19)2)24-22-14-12-21(13-15-22)20-9-6-5-7-10-20/h3-17,24H,2H2,1H3/b4-3-,19-8-. The Morgan fingerprint density at radius 2 is 1.46 bits per heavy atom. The lowest BCUT2D eigenvalue weighted by Gasteiger charge is -2.08. The minimum Gasteiger partial charge on any atom is -0.356 e. The zero-order valence-electron chi connectivity index (χ0n) is 13.9. The Hall–Kier alpha value is -3.06. The maximum absolute atomic E-state index is 4.12. The molecular weight excluding hydrogens is 290 g/mol. The van der Waals surface area contributed by atoms with Crippen molar-refractivity contribution in [3.8, 4) is 11.1 Å². The summed E-state index contributed by atoms with van der Waals surface area (Å²) in [6.07, 6.45) is 6.11. The van der Waals surface area contributed by atoms with Crippen LogP contribution in [0.4, 0.5) is 11.4 Å². The molecule has 0 aliphatic heterocycles. The summed E-state index contributed by atoms with van der Waals surface area (Å²) in [5.74, 6) is 0. The molecule has 0 spiro atoms. The van der Waals surface area contributed by atoms with Gasteiger partial charge in [0, 0.05) is 11.4 Å². The molecule has 0 fully saturated rings. The Balaban J connectivity index is 1.79. The van der Waals surface area contributed by atoms with Gasteiger partial charge in [-0.3, -0.25) is 0 Å². The van der Waals surface area contributed by atoms with Gasteiger partial charge in [-0.1, -0.05) is 73.3 Å². The first-order chi connectivity index (χ1) is 11.8. The molecule has 1 N–H and O–H groups in total. The lowest BCUT2D eigenvalue weighted by molar-refractivity contribution is 1.48. The molecular formula is C23H21N. The van der Waals surface area contributed by atoms with Gasteiger partial charge in [0.1, 0.15) is 0 Å². The summed E-state index contributed by atoms with van der Waals surface area (Å²) in [6.45, 7) is 6.13. The van der Waals surface area contributed by atoms with Crippen LogP contribution in [-0.4, -0.2) is 0 Å². The summed E-state index contributed by atoms with van der Waals surface area (Å²) in [5.41, 5.74) is 4.56. The summed E-state index contributed by atoms with van der Waals surface area (Å²) in [6, 6.07) is 25.1. The van der Waals surface area contributed by atoms with E-state index in [1.165, 1.54) is 11.1 Å². The van der Waals surface area contributed by atoms with Gasteiger partial charge in [-0.05, 0) is 52.8 Å². The van der Waals surface area contributed by atoms with Crippen LogP contribution in [-0.2, 0) is 0 Å². The maximum Gasteiger partial charge on any atom is 0.0390 e. The SMILES string of the molecule is C=c1cc(Nc2ccc(-c3ccccc3)cc2)cc/c1=C/C=C\C. The highest BCUT2D eigenvalue weighted by Gasteiger charge is 1.98. The van der Waals surface area contributed by atoms with Crippen molar-refractivity contribution >= 4 is 24.0 Å². The first-order valence-corrected chi connectivity index (χ1v) is 8.11. The van der Waals surface area contributed by atoms with Crippen molar-refractivity contribution in [1.82, 2.24) is 0 Å². The molecule has 0 aromatic heterocycles. The molecule has 0 heterocycles. The maximum atomic E-state index is 4.12. The first kappa shape index (κ1) is 15.8. The van der Waals surface area contributed by atoms with Crippen LogP contribution in [0.2, 0.25) is 0 Å². The minimum atomic E-state index is 1.01. The van der Waals surface area contributed by atoms with Crippen LogP contribution in [0.5, 0.6) is 0 Å². The van der Waals surface area contributed by atoms with Crippen molar-refractivity contribution in [2.24, 2.45) is 0 Å². The molecule has 0 atom stereocenters. The largest absolute Gasteiger partial charge is 0.356 e. The molecule has 0 aliphatic carbocycles. The van der Waals surface area contributed by atoms with E-state index < -0.39 is 0 Å². The van der Waals surface area contributed by atoms with Gasteiger partial charge in [-0.15, -0.1) is 0 Å². The molecule has 1 nitrogen and oxygen atoms in total. The molecule has 0 amide bonds. The molecule has 0 unspecified atom stereocenters. The number of rotatable bonds is 4. The normalized spacial score (nSPS) is 11.8. The molecule has 0 radical (unpaired) electrons. The Morgan fingerprint density at radius 1 is 0.792 bits per heavy atom. The van der Waals surface area contributed by atoms with Crippen molar-refractivity contribution in [2.45, 2.75) is 6.92 Å². The Labute approximate surface area is 143 Å². The second-order valence-corrected chi connectivity index (χ2v) is 5.67. The molecule has 3 rings (SSSR count). The predicted octanol–water partition coefficient (Wildman–Crippen LogP) is 4.86. The molecule has 0 saturated heterocycles. The third-order valence-electron chi connectivity index (χ3n) is 3.89. The van der Waals surface area contributed by atoms with Gasteiger partial charge in [0.15, 0.2) is 0 Å². The van der Waals surface area contributed by atoms with E-state index in [4.69, 9.17) is 0 Å². The van der Waals surface area contributed by atoms with E-state index in [0.717, 1.165) is 21.8 Å². The van der Waals surface area contributed by atoms with E-state index in [9.17, 15) is 0 Å². The second-order valence-electron chi connectivity index (χ2n) is 5.67. The van der Waals surface area contributed by atoms with Crippen LogP contribution in [0, 0.1) is 0 Å². The number of hydrogen-bond acceptors (Lipinski definition) is 1. The summed E-state index contributed by atoms with van der Waals surface area (Å²) >= 11 is 0. The highest BCUT2D eigenvalue weighted by atomic mass is 14.9. The van der Waals surface area contributed by atoms with Crippen molar-refractivity contribution in [2.75, 3.05) is 5.32 Å². The van der Waals surface area contributed by atoms with Crippen LogP contribution in [0.3, 0.4) is 0 Å². The van der Waals surface area contributed by atoms with Gasteiger partial charge in [0.05, 0.1) is 0 Å². The molecule has 0 bridgehead atoms. The van der Waals surface area contributed by atoms with Crippen molar-refractivity contribution in [3.63, 3.8) is 0 Å². The summed E-state index contributed by atoms with van der Waals surface area (Å²) in [7, 11) is 0. The minimum absolute atomic E-state index is 1.01. The van der Waals surface area contributed by atoms with E-state index >= 15 is 0 Å². The fourth-order valence-corrected chi connectivity index (χ4v) is 2.59. The summed E-state index contributed by atoms with van der Waals surface area (Å²) < 4.78 is 0. The number of anilines is 2. The van der Waals surface area contributed by atoms with Gasteiger partial charge >= 0.3 is 0 Å². The van der Waals surface area contributed by atoms with E-state index in [0.29, 0.717) is 0 Å². The molecule has 3 aromatic carbocycles. The van der Waals surface area contributed by atoms with Crippen LogP contribution in [0.1, 0.15) is 6.92 Å². The Kier molecular flexibility index (Phi) is 4.93. The van der Waals surface area contributed by atoms with E-state index in [-0.39, 0.29) is 0 Å². The van der Waals surface area contributed by atoms with Crippen LogP contribution in [0.15, 0.2) is 84.9 Å². The van der Waals surface area contributed by atoms with Crippen LogP contribution < -0.4 is 15.8 Å². The third kappa shape index (κ3) is 3.82.